The molecule has 3 aromatic rings. The molecule has 0 fully saturated rings. The van der Waals surface area contributed by atoms with Crippen molar-refractivity contribution >= 4 is 29.3 Å². The first kappa shape index (κ1) is 23.3. The van der Waals surface area contributed by atoms with E-state index in [1.54, 1.807) is 23.6 Å². The molecule has 0 saturated heterocycles. The number of hydrogen-bond acceptors (Lipinski definition) is 4. The summed E-state index contributed by atoms with van der Waals surface area (Å²) in [7, 11) is 0. The van der Waals surface area contributed by atoms with Crippen LogP contribution in [0.4, 0.5) is 18.9 Å². The SMILES string of the molecule is Cc1ccc(Sc2ncccc2C(=O)Nc2ccc(C(=O)NCC(F)(F)F)cc2)c(C)c1. The van der Waals surface area contributed by atoms with Gasteiger partial charge in [-0.3, -0.25) is 9.59 Å². The van der Waals surface area contributed by atoms with E-state index in [2.05, 4.69) is 16.4 Å². The van der Waals surface area contributed by atoms with Gasteiger partial charge in [0.15, 0.2) is 0 Å². The molecule has 0 saturated carbocycles. The van der Waals surface area contributed by atoms with Crippen LogP contribution < -0.4 is 10.6 Å². The molecule has 0 bridgehead atoms. The number of anilines is 1. The molecule has 3 rings (SSSR count). The van der Waals surface area contributed by atoms with Gasteiger partial charge in [0.25, 0.3) is 11.8 Å². The highest BCUT2D eigenvalue weighted by molar-refractivity contribution is 7.99. The quantitative estimate of drug-likeness (QED) is 0.518. The molecular weight excluding hydrogens is 439 g/mol. The highest BCUT2D eigenvalue weighted by Crippen LogP contribution is 2.31. The Bertz CT molecular complexity index is 1130. The molecule has 0 unspecified atom stereocenters. The number of nitrogens with one attached hydrogen (secondary N) is 2. The molecule has 2 N–H and O–H groups in total. The minimum absolute atomic E-state index is 0.0553. The van der Waals surface area contributed by atoms with Crippen LogP contribution in [0.2, 0.25) is 0 Å². The van der Waals surface area contributed by atoms with Gasteiger partial charge < -0.3 is 10.6 Å². The normalized spacial score (nSPS) is 11.2. The number of hydrogen-bond donors (Lipinski definition) is 2. The van der Waals surface area contributed by atoms with Gasteiger partial charge in [0.05, 0.1) is 5.56 Å². The zero-order valence-electron chi connectivity index (χ0n) is 17.3. The van der Waals surface area contributed by atoms with Crippen molar-refractivity contribution in [2.45, 2.75) is 29.9 Å². The van der Waals surface area contributed by atoms with Gasteiger partial charge in [-0.2, -0.15) is 13.2 Å². The van der Waals surface area contributed by atoms with Crippen LogP contribution in [0, 0.1) is 13.8 Å². The molecular formula is C23H20F3N3O2S. The highest BCUT2D eigenvalue weighted by Gasteiger charge is 2.27. The van der Waals surface area contributed by atoms with E-state index in [1.165, 1.54) is 36.0 Å². The van der Waals surface area contributed by atoms with Crippen LogP contribution in [0.5, 0.6) is 0 Å². The van der Waals surface area contributed by atoms with E-state index in [1.807, 2.05) is 26.0 Å². The van der Waals surface area contributed by atoms with Crippen LogP contribution in [-0.4, -0.2) is 29.5 Å². The van der Waals surface area contributed by atoms with E-state index in [4.69, 9.17) is 0 Å². The minimum Gasteiger partial charge on any atom is -0.343 e. The summed E-state index contributed by atoms with van der Waals surface area (Å²) in [5, 5.41) is 5.07. The Morgan fingerprint density at radius 3 is 2.38 bits per heavy atom. The molecule has 166 valence electrons. The van der Waals surface area contributed by atoms with Gasteiger partial charge in [0.1, 0.15) is 11.6 Å². The van der Waals surface area contributed by atoms with Crippen molar-refractivity contribution in [2.24, 2.45) is 0 Å². The second-order valence-corrected chi connectivity index (χ2v) is 8.09. The molecule has 0 atom stereocenters. The fourth-order valence-corrected chi connectivity index (χ4v) is 3.80. The lowest BCUT2D eigenvalue weighted by Crippen LogP contribution is -2.33. The Balaban J connectivity index is 1.70. The van der Waals surface area contributed by atoms with Crippen molar-refractivity contribution in [1.29, 1.82) is 0 Å². The van der Waals surface area contributed by atoms with E-state index < -0.39 is 18.6 Å². The lowest BCUT2D eigenvalue weighted by atomic mass is 10.2. The molecule has 0 spiro atoms. The number of nitrogens with zero attached hydrogens (tertiary/aromatic N) is 1. The molecule has 2 aromatic carbocycles. The summed E-state index contributed by atoms with van der Waals surface area (Å²) >= 11 is 1.39. The van der Waals surface area contributed by atoms with E-state index in [-0.39, 0.29) is 11.5 Å². The second-order valence-electron chi connectivity index (χ2n) is 7.06. The zero-order valence-corrected chi connectivity index (χ0v) is 18.1. The number of carbonyl (C=O) groups excluding carboxylic acids is 2. The summed E-state index contributed by atoms with van der Waals surface area (Å²) in [6.45, 7) is 2.59. The second kappa shape index (κ2) is 9.86. The van der Waals surface area contributed by atoms with Crippen LogP contribution in [0.15, 0.2) is 70.7 Å². The molecule has 0 radical (unpaired) electrons. The first-order valence-corrected chi connectivity index (χ1v) is 10.4. The third-order valence-corrected chi connectivity index (χ3v) is 5.60. The van der Waals surface area contributed by atoms with Crippen molar-refractivity contribution in [3.63, 3.8) is 0 Å². The number of aryl methyl sites for hydroxylation is 2. The maximum Gasteiger partial charge on any atom is 0.405 e. The number of benzene rings is 2. The summed E-state index contributed by atoms with van der Waals surface area (Å²) in [5.74, 6) is -1.24. The summed E-state index contributed by atoms with van der Waals surface area (Å²) in [5.41, 5.74) is 3.05. The van der Waals surface area contributed by atoms with Gasteiger partial charge in [-0.25, -0.2) is 4.98 Å². The number of amides is 2. The average Bonchev–Trinajstić information content (AvgIpc) is 2.74. The predicted molar refractivity (Wildman–Crippen MR) is 117 cm³/mol. The maximum absolute atomic E-state index is 12.8. The minimum atomic E-state index is -4.49. The number of rotatable bonds is 6. The standard InChI is InChI=1S/C23H20F3N3O2S/c1-14-5-10-19(15(2)12-14)32-22-18(4-3-11-27-22)21(31)29-17-8-6-16(7-9-17)20(30)28-13-23(24,25)26/h3-12H,13H2,1-2H3,(H,28,30)(H,29,31). The largest absolute Gasteiger partial charge is 0.405 e. The van der Waals surface area contributed by atoms with Crippen LogP contribution in [-0.2, 0) is 0 Å². The Kier molecular flexibility index (Phi) is 7.19. The third kappa shape index (κ3) is 6.34. The van der Waals surface area contributed by atoms with Gasteiger partial charge in [-0.1, -0.05) is 29.5 Å². The van der Waals surface area contributed by atoms with E-state index in [0.29, 0.717) is 16.3 Å². The Labute approximate surface area is 187 Å². The third-order valence-electron chi connectivity index (χ3n) is 4.41. The first-order valence-electron chi connectivity index (χ1n) is 9.59. The lowest BCUT2D eigenvalue weighted by Gasteiger charge is -2.11. The number of aromatic nitrogens is 1. The summed E-state index contributed by atoms with van der Waals surface area (Å²) < 4.78 is 36.7. The number of alkyl halides is 3. The Morgan fingerprint density at radius 2 is 1.72 bits per heavy atom. The first-order chi connectivity index (χ1) is 15.1. The average molecular weight is 459 g/mol. The van der Waals surface area contributed by atoms with Crippen LogP contribution >= 0.6 is 11.8 Å². The summed E-state index contributed by atoms with van der Waals surface area (Å²) in [6, 6.07) is 14.9. The van der Waals surface area contributed by atoms with Gasteiger partial charge >= 0.3 is 6.18 Å². The predicted octanol–water partition coefficient (Wildman–Crippen LogP) is 5.39. The molecule has 1 aromatic heterocycles. The molecule has 0 aliphatic heterocycles. The molecule has 9 heteroatoms. The number of pyridine rings is 1. The monoisotopic (exact) mass is 459 g/mol. The zero-order chi connectivity index (χ0) is 23.3. The Morgan fingerprint density at radius 1 is 1.00 bits per heavy atom. The topological polar surface area (TPSA) is 71.1 Å². The van der Waals surface area contributed by atoms with Gasteiger partial charge in [0.2, 0.25) is 0 Å². The van der Waals surface area contributed by atoms with E-state index in [0.717, 1.165) is 16.0 Å². The molecule has 0 aliphatic rings. The van der Waals surface area contributed by atoms with Gasteiger partial charge in [-0.15, -0.1) is 0 Å². The van der Waals surface area contributed by atoms with Crippen molar-refractivity contribution in [2.75, 3.05) is 11.9 Å². The lowest BCUT2D eigenvalue weighted by molar-refractivity contribution is -0.123. The van der Waals surface area contributed by atoms with Gasteiger partial charge in [-0.05, 0) is 61.9 Å². The van der Waals surface area contributed by atoms with Crippen molar-refractivity contribution in [3.8, 4) is 0 Å². The fraction of sp³-hybridized carbons (Fsp3) is 0.174. The van der Waals surface area contributed by atoms with Crippen LogP contribution in [0.25, 0.3) is 0 Å². The molecule has 32 heavy (non-hydrogen) atoms. The van der Waals surface area contributed by atoms with Crippen molar-refractivity contribution in [3.05, 3.63) is 83.0 Å². The Hall–Kier alpha value is -3.33. The fourth-order valence-electron chi connectivity index (χ4n) is 2.85. The van der Waals surface area contributed by atoms with E-state index in [9.17, 15) is 22.8 Å². The smallest absolute Gasteiger partial charge is 0.343 e. The van der Waals surface area contributed by atoms with E-state index >= 15 is 0 Å². The summed E-state index contributed by atoms with van der Waals surface area (Å²) in [4.78, 5) is 29.9. The number of halogens is 3. The molecule has 1 heterocycles. The van der Waals surface area contributed by atoms with Crippen molar-refractivity contribution in [1.82, 2.24) is 10.3 Å². The summed E-state index contributed by atoms with van der Waals surface area (Å²) in [6.07, 6.45) is -2.88. The molecule has 2 amide bonds. The van der Waals surface area contributed by atoms with Crippen LogP contribution in [0.3, 0.4) is 0 Å². The van der Waals surface area contributed by atoms with Gasteiger partial charge in [0, 0.05) is 22.3 Å². The molecule has 5 nitrogen and oxygen atoms in total. The molecule has 0 aliphatic carbocycles. The van der Waals surface area contributed by atoms with Crippen LogP contribution in [0.1, 0.15) is 31.8 Å². The van der Waals surface area contributed by atoms with Crippen molar-refractivity contribution < 1.29 is 22.8 Å². The highest BCUT2D eigenvalue weighted by atomic mass is 32.2. The maximum atomic E-state index is 12.8. The number of carbonyl (C=O) groups is 2.